The minimum absolute atomic E-state index is 0.240. The van der Waals surface area contributed by atoms with Gasteiger partial charge in [0.05, 0.1) is 6.20 Å². The minimum atomic E-state index is -0.240. The molecule has 3 aromatic rings. The van der Waals surface area contributed by atoms with E-state index >= 15 is 0 Å². The summed E-state index contributed by atoms with van der Waals surface area (Å²) in [5, 5.41) is 10.3. The van der Waals surface area contributed by atoms with E-state index in [0.29, 0.717) is 12.3 Å². The Balaban J connectivity index is 1.51. The van der Waals surface area contributed by atoms with Gasteiger partial charge in [-0.15, -0.1) is 0 Å². The number of nitrogens with one attached hydrogen (secondary N) is 1. The summed E-state index contributed by atoms with van der Waals surface area (Å²) in [6.45, 7) is 0.553. The highest BCUT2D eigenvalue weighted by Gasteiger charge is 2.12. The lowest BCUT2D eigenvalue weighted by molar-refractivity contribution is 0.0944. The number of aromatic nitrogens is 2. The van der Waals surface area contributed by atoms with E-state index in [4.69, 9.17) is 9.05 Å². The van der Waals surface area contributed by atoms with Gasteiger partial charge in [0.15, 0.2) is 11.5 Å². The molecule has 0 saturated carbocycles. The van der Waals surface area contributed by atoms with Gasteiger partial charge in [0.2, 0.25) is 0 Å². The molecule has 22 heavy (non-hydrogen) atoms. The molecular weight excluding hydrogens is 282 g/mol. The van der Waals surface area contributed by atoms with Crippen molar-refractivity contribution in [2.75, 3.05) is 6.54 Å². The van der Waals surface area contributed by atoms with E-state index in [9.17, 15) is 4.79 Å². The van der Waals surface area contributed by atoms with Crippen molar-refractivity contribution in [3.63, 3.8) is 0 Å². The van der Waals surface area contributed by atoms with Gasteiger partial charge < -0.3 is 14.4 Å². The Bertz CT molecular complexity index is 720. The first-order valence-corrected chi connectivity index (χ1v) is 7.01. The van der Waals surface area contributed by atoms with E-state index in [-0.39, 0.29) is 11.6 Å². The maximum atomic E-state index is 12.0. The Morgan fingerprint density at radius 1 is 1.23 bits per heavy atom. The predicted octanol–water partition coefficient (Wildman–Crippen LogP) is 2.69. The molecule has 6 heteroatoms. The third-order valence-corrected chi connectivity index (χ3v) is 3.21. The first kappa shape index (κ1) is 14.1. The molecule has 0 radical (unpaired) electrons. The van der Waals surface area contributed by atoms with E-state index < -0.39 is 0 Å². The van der Waals surface area contributed by atoms with Crippen LogP contribution in [-0.2, 0) is 6.42 Å². The molecule has 1 N–H and O–H groups in total. The quantitative estimate of drug-likeness (QED) is 0.707. The Kier molecular flexibility index (Phi) is 4.29. The zero-order valence-electron chi connectivity index (χ0n) is 11.9. The van der Waals surface area contributed by atoms with Crippen molar-refractivity contribution >= 4 is 5.91 Å². The molecule has 0 aliphatic heterocycles. The maximum absolute atomic E-state index is 12.0. The summed E-state index contributed by atoms with van der Waals surface area (Å²) in [5.41, 5.74) is 2.19. The average molecular weight is 297 g/mol. The highest BCUT2D eigenvalue weighted by Crippen LogP contribution is 2.19. The summed E-state index contributed by atoms with van der Waals surface area (Å²) in [4.78, 5) is 12.0. The van der Waals surface area contributed by atoms with Crippen molar-refractivity contribution in [1.82, 2.24) is 15.6 Å². The lowest BCUT2D eigenvalue weighted by Crippen LogP contribution is -2.24. The van der Waals surface area contributed by atoms with Crippen molar-refractivity contribution in [1.29, 1.82) is 0 Å². The molecule has 0 aliphatic rings. The first-order valence-electron chi connectivity index (χ1n) is 7.01. The van der Waals surface area contributed by atoms with Crippen LogP contribution in [0.25, 0.3) is 11.3 Å². The molecular formula is C16H15N3O3. The summed E-state index contributed by atoms with van der Waals surface area (Å²) in [6, 6.07) is 11.2. The van der Waals surface area contributed by atoms with Gasteiger partial charge in [0.1, 0.15) is 6.26 Å². The lowest BCUT2D eigenvalue weighted by atomic mass is 10.1. The summed E-state index contributed by atoms with van der Waals surface area (Å²) < 4.78 is 9.95. The average Bonchev–Trinajstić information content (AvgIpc) is 3.24. The van der Waals surface area contributed by atoms with Crippen molar-refractivity contribution in [3.8, 4) is 11.3 Å². The fourth-order valence-electron chi connectivity index (χ4n) is 2.06. The standard InChI is InChI=1S/C16H15N3O3/c20-16(17-8-4-5-12-10-18-21-11-12)14-9-15(22-19-14)13-6-2-1-3-7-13/h1-3,6-7,9-11H,4-5,8H2,(H,17,20). The normalized spacial score (nSPS) is 10.5. The van der Waals surface area contributed by atoms with Crippen molar-refractivity contribution < 1.29 is 13.8 Å². The van der Waals surface area contributed by atoms with Crippen LogP contribution in [0.15, 0.2) is 57.9 Å². The number of rotatable bonds is 6. The molecule has 3 rings (SSSR count). The van der Waals surface area contributed by atoms with Gasteiger partial charge in [-0.05, 0) is 12.8 Å². The predicted molar refractivity (Wildman–Crippen MR) is 79.1 cm³/mol. The molecule has 0 spiro atoms. The van der Waals surface area contributed by atoms with Crippen LogP contribution in [0.5, 0.6) is 0 Å². The fourth-order valence-corrected chi connectivity index (χ4v) is 2.06. The van der Waals surface area contributed by atoms with E-state index in [1.54, 1.807) is 18.5 Å². The second kappa shape index (κ2) is 6.71. The van der Waals surface area contributed by atoms with Gasteiger partial charge in [-0.2, -0.15) is 0 Å². The second-order valence-electron chi connectivity index (χ2n) is 4.83. The Morgan fingerprint density at radius 3 is 2.86 bits per heavy atom. The van der Waals surface area contributed by atoms with Gasteiger partial charge >= 0.3 is 0 Å². The van der Waals surface area contributed by atoms with E-state index in [2.05, 4.69) is 15.6 Å². The molecule has 2 heterocycles. The number of nitrogens with zero attached hydrogens (tertiary/aromatic N) is 2. The van der Waals surface area contributed by atoms with Gasteiger partial charge in [-0.25, -0.2) is 0 Å². The molecule has 112 valence electrons. The third-order valence-electron chi connectivity index (χ3n) is 3.21. The largest absolute Gasteiger partial charge is 0.364 e. The smallest absolute Gasteiger partial charge is 0.273 e. The maximum Gasteiger partial charge on any atom is 0.273 e. The van der Waals surface area contributed by atoms with Crippen LogP contribution in [0.1, 0.15) is 22.5 Å². The van der Waals surface area contributed by atoms with Crippen molar-refractivity contribution in [3.05, 3.63) is 60.1 Å². The SMILES string of the molecule is O=C(NCCCc1cnoc1)c1cc(-c2ccccc2)on1. The monoisotopic (exact) mass is 297 g/mol. The Labute approximate surface area is 127 Å². The molecule has 1 amide bonds. The van der Waals surface area contributed by atoms with Crippen LogP contribution in [0.2, 0.25) is 0 Å². The lowest BCUT2D eigenvalue weighted by Gasteiger charge is -2.00. The van der Waals surface area contributed by atoms with Gasteiger partial charge in [-0.1, -0.05) is 40.6 Å². The fraction of sp³-hybridized carbons (Fsp3) is 0.188. The molecule has 0 bridgehead atoms. The number of benzene rings is 1. The number of amides is 1. The Hall–Kier alpha value is -2.89. The minimum Gasteiger partial charge on any atom is -0.364 e. The van der Waals surface area contributed by atoms with Crippen LogP contribution in [0.3, 0.4) is 0 Å². The summed E-state index contributed by atoms with van der Waals surface area (Å²) in [6.07, 6.45) is 4.88. The molecule has 0 unspecified atom stereocenters. The molecule has 1 aromatic carbocycles. The van der Waals surface area contributed by atoms with Gasteiger partial charge in [0.25, 0.3) is 5.91 Å². The van der Waals surface area contributed by atoms with Crippen LogP contribution in [-0.4, -0.2) is 22.8 Å². The van der Waals surface area contributed by atoms with Crippen molar-refractivity contribution in [2.45, 2.75) is 12.8 Å². The molecule has 6 nitrogen and oxygen atoms in total. The van der Waals surface area contributed by atoms with E-state index in [1.807, 2.05) is 30.3 Å². The van der Waals surface area contributed by atoms with Crippen molar-refractivity contribution in [2.24, 2.45) is 0 Å². The highest BCUT2D eigenvalue weighted by molar-refractivity contribution is 5.93. The van der Waals surface area contributed by atoms with Gasteiger partial charge in [0, 0.05) is 23.7 Å². The summed E-state index contributed by atoms with van der Waals surface area (Å²) in [7, 11) is 0. The topological polar surface area (TPSA) is 81.2 Å². The molecule has 0 atom stereocenters. The summed E-state index contributed by atoms with van der Waals surface area (Å²) in [5.74, 6) is 0.339. The third kappa shape index (κ3) is 3.41. The molecule has 2 aromatic heterocycles. The van der Waals surface area contributed by atoms with Crippen LogP contribution >= 0.6 is 0 Å². The number of carbonyl (C=O) groups excluding carboxylic acids is 1. The number of hydrogen-bond donors (Lipinski definition) is 1. The zero-order chi connectivity index (χ0) is 15.2. The number of aryl methyl sites for hydroxylation is 1. The summed E-state index contributed by atoms with van der Waals surface area (Å²) >= 11 is 0. The van der Waals surface area contributed by atoms with Crippen LogP contribution in [0.4, 0.5) is 0 Å². The Morgan fingerprint density at radius 2 is 2.09 bits per heavy atom. The number of carbonyl (C=O) groups is 1. The highest BCUT2D eigenvalue weighted by atomic mass is 16.5. The molecule has 0 aliphatic carbocycles. The van der Waals surface area contributed by atoms with Crippen LogP contribution in [0, 0.1) is 0 Å². The van der Waals surface area contributed by atoms with E-state index in [0.717, 1.165) is 24.0 Å². The molecule has 0 fully saturated rings. The molecule has 0 saturated heterocycles. The van der Waals surface area contributed by atoms with Crippen LogP contribution < -0.4 is 5.32 Å². The van der Waals surface area contributed by atoms with Gasteiger partial charge in [-0.3, -0.25) is 4.79 Å². The first-order chi connectivity index (χ1) is 10.8. The second-order valence-corrected chi connectivity index (χ2v) is 4.83. The zero-order valence-corrected chi connectivity index (χ0v) is 11.9. The van der Waals surface area contributed by atoms with E-state index in [1.165, 1.54) is 0 Å². The number of hydrogen-bond acceptors (Lipinski definition) is 5.